The normalized spacial score (nSPS) is 55.7. The third-order valence-corrected chi connectivity index (χ3v) is 13.2. The molecule has 0 aliphatic heterocycles. The van der Waals surface area contributed by atoms with Crippen LogP contribution in [0.25, 0.3) is 0 Å². The van der Waals surface area contributed by atoms with Crippen LogP contribution in [0.2, 0.25) is 0 Å². The lowest BCUT2D eigenvalue weighted by atomic mass is 9.35. The minimum absolute atomic E-state index is 0.0432. The van der Waals surface area contributed by atoms with Gasteiger partial charge < -0.3 is 5.11 Å². The van der Waals surface area contributed by atoms with Crippen molar-refractivity contribution in [2.45, 2.75) is 119 Å². The van der Waals surface area contributed by atoms with E-state index in [9.17, 15) is 5.11 Å². The van der Waals surface area contributed by atoms with Gasteiger partial charge in [-0.2, -0.15) is 0 Å². The second-order valence-corrected chi connectivity index (χ2v) is 14.7. The van der Waals surface area contributed by atoms with Crippen LogP contribution in [0.3, 0.4) is 0 Å². The van der Waals surface area contributed by atoms with E-state index in [1.54, 1.807) is 0 Å². The van der Waals surface area contributed by atoms with Crippen LogP contribution >= 0.6 is 0 Å². The average Bonchev–Trinajstić information content (AvgIpc) is 3.05. The van der Waals surface area contributed by atoms with Crippen molar-refractivity contribution in [2.24, 2.45) is 56.7 Å². The van der Waals surface area contributed by atoms with Crippen LogP contribution in [0.5, 0.6) is 0 Å². The van der Waals surface area contributed by atoms with Gasteiger partial charge in [0.2, 0.25) is 0 Å². The van der Waals surface area contributed by atoms with Crippen LogP contribution in [0.4, 0.5) is 0 Å². The second-order valence-electron chi connectivity index (χ2n) is 14.7. The highest BCUT2D eigenvalue weighted by molar-refractivity contribution is 5.33. The minimum Gasteiger partial charge on any atom is -0.393 e. The summed E-state index contributed by atoms with van der Waals surface area (Å²) in [5, 5.41) is 10.8. The van der Waals surface area contributed by atoms with E-state index in [1.807, 2.05) is 5.57 Å². The average molecular weight is 427 g/mol. The molecule has 5 aliphatic rings. The lowest BCUT2D eigenvalue weighted by molar-refractivity contribution is -0.165. The molecule has 4 saturated carbocycles. The third kappa shape index (κ3) is 2.60. The molecule has 1 nitrogen and oxygen atoms in total. The monoisotopic (exact) mass is 426 g/mol. The van der Waals surface area contributed by atoms with Crippen molar-refractivity contribution >= 4 is 0 Å². The molecule has 0 aromatic carbocycles. The maximum atomic E-state index is 10.8. The number of aliphatic hydroxyl groups excluding tert-OH is 1. The quantitative estimate of drug-likeness (QED) is 0.421. The summed E-state index contributed by atoms with van der Waals surface area (Å²) < 4.78 is 0. The van der Waals surface area contributed by atoms with Gasteiger partial charge in [-0.15, -0.1) is 0 Å². The zero-order valence-corrected chi connectivity index (χ0v) is 21.9. The second kappa shape index (κ2) is 6.64. The van der Waals surface area contributed by atoms with Crippen molar-refractivity contribution in [3.63, 3.8) is 0 Å². The molecule has 0 radical (unpaired) electrons. The molecule has 0 aromatic rings. The molecular weight excluding hydrogens is 376 g/mol. The number of hydrogen-bond donors (Lipinski definition) is 1. The molecule has 176 valence electrons. The van der Waals surface area contributed by atoms with Crippen LogP contribution in [-0.2, 0) is 0 Å². The highest BCUT2D eigenvalue weighted by atomic mass is 16.3. The summed E-state index contributed by atoms with van der Waals surface area (Å²) in [4.78, 5) is 0. The van der Waals surface area contributed by atoms with Crippen LogP contribution in [0.15, 0.2) is 11.6 Å². The molecule has 4 fully saturated rings. The van der Waals surface area contributed by atoms with Crippen LogP contribution in [-0.4, -0.2) is 11.2 Å². The van der Waals surface area contributed by atoms with Gasteiger partial charge in [-0.1, -0.05) is 67.0 Å². The van der Waals surface area contributed by atoms with E-state index in [4.69, 9.17) is 0 Å². The smallest absolute Gasteiger partial charge is 0.0594 e. The Kier molecular flexibility index (Phi) is 4.82. The summed E-state index contributed by atoms with van der Waals surface area (Å²) in [6, 6.07) is 0. The molecule has 1 heteroatoms. The lowest BCUT2D eigenvalue weighted by Crippen LogP contribution is -2.62. The van der Waals surface area contributed by atoms with Crippen molar-refractivity contribution in [2.75, 3.05) is 0 Å². The van der Waals surface area contributed by atoms with Crippen LogP contribution in [0, 0.1) is 56.7 Å². The predicted octanol–water partition coefficient (Wildman–Crippen LogP) is 8.02. The standard InChI is InChI=1S/C30H50O/c1-19(2)20-9-12-24-28(20,6)17-18-29(7)22-10-11-23-26(3,4)25(31)14-15-27(23,5)21(22)13-16-30(24,29)8/h13,19-20,22-25,31H,9-12,14-18H2,1-8H3/t20-,22+,23+,24-,25-,27-,28-,29+,30+/m1/s1. The molecule has 31 heavy (non-hydrogen) atoms. The molecule has 5 aliphatic carbocycles. The third-order valence-electron chi connectivity index (χ3n) is 13.2. The van der Waals surface area contributed by atoms with Gasteiger partial charge in [-0.05, 0) is 114 Å². The summed E-state index contributed by atoms with van der Waals surface area (Å²) >= 11 is 0. The summed E-state index contributed by atoms with van der Waals surface area (Å²) in [7, 11) is 0. The Morgan fingerprint density at radius 1 is 0.806 bits per heavy atom. The van der Waals surface area contributed by atoms with E-state index < -0.39 is 0 Å². The Morgan fingerprint density at radius 3 is 2.16 bits per heavy atom. The van der Waals surface area contributed by atoms with E-state index in [-0.39, 0.29) is 11.5 Å². The fourth-order valence-electron chi connectivity index (χ4n) is 11.2. The first-order valence-corrected chi connectivity index (χ1v) is 13.7. The Bertz CT molecular complexity index is 777. The topological polar surface area (TPSA) is 20.2 Å². The lowest BCUT2D eigenvalue weighted by Gasteiger charge is -2.69. The highest BCUT2D eigenvalue weighted by Gasteiger charge is 2.68. The van der Waals surface area contributed by atoms with Crippen LogP contribution in [0.1, 0.15) is 113 Å². The van der Waals surface area contributed by atoms with E-state index in [0.717, 1.165) is 30.1 Å². The zero-order valence-electron chi connectivity index (χ0n) is 21.9. The first-order valence-electron chi connectivity index (χ1n) is 13.7. The van der Waals surface area contributed by atoms with Gasteiger partial charge in [0.25, 0.3) is 0 Å². The molecule has 0 spiro atoms. The molecule has 0 bridgehead atoms. The molecule has 1 N–H and O–H groups in total. The van der Waals surface area contributed by atoms with Gasteiger partial charge in [-0.3, -0.25) is 0 Å². The molecule has 9 atom stereocenters. The summed E-state index contributed by atoms with van der Waals surface area (Å²) in [5.41, 5.74) is 3.61. The number of aliphatic hydroxyl groups is 1. The maximum Gasteiger partial charge on any atom is 0.0594 e. The fourth-order valence-corrected chi connectivity index (χ4v) is 11.2. The van der Waals surface area contributed by atoms with Gasteiger partial charge >= 0.3 is 0 Å². The molecule has 0 heterocycles. The van der Waals surface area contributed by atoms with E-state index in [1.165, 1.54) is 51.4 Å². The maximum absolute atomic E-state index is 10.8. The Morgan fingerprint density at radius 2 is 1.48 bits per heavy atom. The van der Waals surface area contributed by atoms with E-state index in [0.29, 0.717) is 27.6 Å². The number of fused-ring (bicyclic) bond motifs is 7. The minimum atomic E-state index is -0.131. The Labute approximate surface area is 192 Å². The van der Waals surface area contributed by atoms with Gasteiger partial charge in [0.15, 0.2) is 0 Å². The molecule has 0 amide bonds. The number of allylic oxidation sites excluding steroid dienone is 2. The first-order chi connectivity index (χ1) is 14.3. The largest absolute Gasteiger partial charge is 0.393 e. The molecule has 0 saturated heterocycles. The van der Waals surface area contributed by atoms with Gasteiger partial charge in [0.1, 0.15) is 0 Å². The summed E-state index contributed by atoms with van der Waals surface area (Å²) in [5.74, 6) is 4.02. The van der Waals surface area contributed by atoms with E-state index in [2.05, 4.69) is 61.5 Å². The van der Waals surface area contributed by atoms with Crippen molar-refractivity contribution in [3.8, 4) is 0 Å². The van der Waals surface area contributed by atoms with E-state index >= 15 is 0 Å². The number of hydrogen-bond acceptors (Lipinski definition) is 1. The number of rotatable bonds is 1. The Hall–Kier alpha value is -0.300. The Balaban J connectivity index is 1.55. The zero-order chi connectivity index (χ0) is 22.6. The van der Waals surface area contributed by atoms with Crippen molar-refractivity contribution in [3.05, 3.63) is 11.6 Å². The van der Waals surface area contributed by atoms with Crippen molar-refractivity contribution in [1.29, 1.82) is 0 Å². The molecule has 5 rings (SSSR count). The fraction of sp³-hybridized carbons (Fsp3) is 0.933. The summed E-state index contributed by atoms with van der Waals surface area (Å²) in [6.07, 6.45) is 14.6. The highest BCUT2D eigenvalue weighted by Crippen LogP contribution is 2.76. The first kappa shape index (κ1) is 22.5. The van der Waals surface area contributed by atoms with Crippen molar-refractivity contribution in [1.82, 2.24) is 0 Å². The molecular formula is C30H50O. The predicted molar refractivity (Wildman–Crippen MR) is 131 cm³/mol. The van der Waals surface area contributed by atoms with Crippen molar-refractivity contribution < 1.29 is 5.11 Å². The van der Waals surface area contributed by atoms with Gasteiger partial charge in [-0.25, -0.2) is 0 Å². The van der Waals surface area contributed by atoms with Gasteiger partial charge in [0, 0.05) is 0 Å². The molecule has 0 aromatic heterocycles. The molecule has 0 unspecified atom stereocenters. The summed E-state index contributed by atoms with van der Waals surface area (Å²) in [6.45, 7) is 20.4. The van der Waals surface area contributed by atoms with Gasteiger partial charge in [0.05, 0.1) is 6.10 Å². The SMILES string of the molecule is CC(C)[C@H]1CC[C@@H]2[C@]1(C)CC[C@@]1(C)[C@H]3CC[C@H]4C(C)(C)[C@H](O)CC[C@]4(C)C3=CC[C@@]21C. The van der Waals surface area contributed by atoms with Crippen LogP contribution < -0.4 is 0 Å².